The molecule has 3 aliphatic heterocycles. The number of anilines is 2. The number of likely N-dealkylation sites (N-methyl/N-ethyl adjacent to an activating group) is 1. The van der Waals surface area contributed by atoms with Crippen molar-refractivity contribution in [2.45, 2.75) is 57.7 Å². The molecule has 1 aromatic heterocycles. The maximum absolute atomic E-state index is 11.8. The molecule has 0 bridgehead atoms. The first-order chi connectivity index (χ1) is 19.5. The summed E-state index contributed by atoms with van der Waals surface area (Å²) in [5, 5.41) is 5.64. The predicted octanol–water partition coefficient (Wildman–Crippen LogP) is 4.24. The Morgan fingerprint density at radius 2 is 1.88 bits per heavy atom. The summed E-state index contributed by atoms with van der Waals surface area (Å²) in [5.41, 5.74) is 4.83. The van der Waals surface area contributed by atoms with Gasteiger partial charge in [0.1, 0.15) is 12.4 Å². The molecule has 210 valence electrons. The summed E-state index contributed by atoms with van der Waals surface area (Å²) in [4.78, 5) is 29.0. The van der Waals surface area contributed by atoms with Gasteiger partial charge >= 0.3 is 6.01 Å². The Morgan fingerprint density at radius 3 is 2.62 bits per heavy atom. The maximum Gasteiger partial charge on any atom is 0.318 e. The van der Waals surface area contributed by atoms with Crippen molar-refractivity contribution < 1.29 is 9.53 Å². The number of fused-ring (bicyclic) bond motifs is 2. The zero-order valence-electron chi connectivity index (χ0n) is 23.7. The van der Waals surface area contributed by atoms with E-state index in [1.165, 1.54) is 40.1 Å². The summed E-state index contributed by atoms with van der Waals surface area (Å²) in [7, 11) is 2.17. The molecule has 0 unspecified atom stereocenters. The molecule has 3 aliphatic rings. The lowest BCUT2D eigenvalue weighted by atomic mass is 9.99. The van der Waals surface area contributed by atoms with Crippen LogP contribution >= 0.6 is 0 Å². The van der Waals surface area contributed by atoms with Crippen LogP contribution in [0.4, 0.5) is 11.5 Å². The van der Waals surface area contributed by atoms with E-state index in [0.717, 1.165) is 69.9 Å². The van der Waals surface area contributed by atoms with Crippen LogP contribution in [-0.4, -0.2) is 72.7 Å². The monoisotopic (exact) mass is 540 g/mol. The minimum absolute atomic E-state index is 0.103. The maximum atomic E-state index is 11.8. The molecule has 1 N–H and O–H groups in total. The first-order valence-electron chi connectivity index (χ1n) is 14.6. The van der Waals surface area contributed by atoms with Crippen LogP contribution in [0, 0.1) is 6.92 Å². The molecule has 1 amide bonds. The molecule has 8 nitrogen and oxygen atoms in total. The number of hydrogen-bond donors (Lipinski definition) is 1. The second-order valence-corrected chi connectivity index (χ2v) is 11.4. The van der Waals surface area contributed by atoms with Crippen LogP contribution in [0.1, 0.15) is 42.5 Å². The summed E-state index contributed by atoms with van der Waals surface area (Å²) in [6, 6.07) is 14.1. The van der Waals surface area contributed by atoms with E-state index in [2.05, 4.69) is 77.0 Å². The van der Waals surface area contributed by atoms with Gasteiger partial charge in [-0.3, -0.25) is 4.79 Å². The smallest absolute Gasteiger partial charge is 0.318 e. The number of aryl methyl sites for hydroxylation is 1. The number of benzene rings is 2. The number of carbonyl (C=O) groups is 1. The minimum atomic E-state index is -0.103. The van der Waals surface area contributed by atoms with Crippen LogP contribution in [0.3, 0.4) is 0 Å². The highest BCUT2D eigenvalue weighted by Gasteiger charge is 2.30. The molecule has 4 heterocycles. The van der Waals surface area contributed by atoms with Crippen molar-refractivity contribution in [3.8, 4) is 6.01 Å². The minimum Gasteiger partial charge on any atom is -0.462 e. The SMILES string of the molecule is C=CC(=O)NC1CCN(c2nc(OC[C@@H]3CCCN3C)nc3c2CCN(c2cccc4cccc(C)c24)C3)CC1. The largest absolute Gasteiger partial charge is 0.462 e. The number of likely N-dealkylation sites (tertiary alicyclic amines) is 1. The second-order valence-electron chi connectivity index (χ2n) is 11.4. The highest BCUT2D eigenvalue weighted by atomic mass is 16.5. The van der Waals surface area contributed by atoms with E-state index in [-0.39, 0.29) is 11.9 Å². The van der Waals surface area contributed by atoms with Crippen molar-refractivity contribution in [2.75, 3.05) is 49.6 Å². The Labute approximate surface area is 237 Å². The van der Waals surface area contributed by atoms with Gasteiger partial charge in [0.2, 0.25) is 5.91 Å². The fraction of sp³-hybridized carbons (Fsp3) is 0.469. The third-order valence-corrected chi connectivity index (χ3v) is 8.86. The average molecular weight is 541 g/mol. The van der Waals surface area contributed by atoms with Crippen molar-refractivity contribution in [1.29, 1.82) is 0 Å². The van der Waals surface area contributed by atoms with Gasteiger partial charge < -0.3 is 24.8 Å². The highest BCUT2D eigenvalue weighted by Crippen LogP contribution is 2.36. The van der Waals surface area contributed by atoms with Gasteiger partial charge in [-0.15, -0.1) is 0 Å². The molecular weight excluding hydrogens is 500 g/mol. The van der Waals surface area contributed by atoms with E-state index >= 15 is 0 Å². The first kappa shape index (κ1) is 26.6. The molecule has 6 rings (SSSR count). The van der Waals surface area contributed by atoms with Crippen LogP contribution in [0.2, 0.25) is 0 Å². The van der Waals surface area contributed by atoms with E-state index in [4.69, 9.17) is 14.7 Å². The van der Waals surface area contributed by atoms with E-state index in [1.54, 1.807) is 0 Å². The molecule has 40 heavy (non-hydrogen) atoms. The Kier molecular flexibility index (Phi) is 7.61. The lowest BCUT2D eigenvalue weighted by Crippen LogP contribution is -2.45. The molecule has 8 heteroatoms. The number of hydrogen-bond acceptors (Lipinski definition) is 7. The molecule has 2 aromatic carbocycles. The van der Waals surface area contributed by atoms with E-state index in [0.29, 0.717) is 18.7 Å². The van der Waals surface area contributed by atoms with Gasteiger partial charge in [0.15, 0.2) is 0 Å². The zero-order valence-corrected chi connectivity index (χ0v) is 23.7. The summed E-state index contributed by atoms with van der Waals surface area (Å²) in [5.74, 6) is 0.899. The Morgan fingerprint density at radius 1 is 1.07 bits per heavy atom. The van der Waals surface area contributed by atoms with Crippen LogP contribution < -0.4 is 19.9 Å². The summed E-state index contributed by atoms with van der Waals surface area (Å²) in [6.45, 7) is 10.8. The zero-order chi connectivity index (χ0) is 27.6. The lowest BCUT2D eigenvalue weighted by molar-refractivity contribution is -0.117. The lowest BCUT2D eigenvalue weighted by Gasteiger charge is -2.37. The van der Waals surface area contributed by atoms with E-state index in [9.17, 15) is 4.79 Å². The van der Waals surface area contributed by atoms with Gasteiger partial charge in [0.25, 0.3) is 0 Å². The topological polar surface area (TPSA) is 73.8 Å². The van der Waals surface area contributed by atoms with E-state index < -0.39 is 0 Å². The fourth-order valence-electron chi connectivity index (χ4n) is 6.55. The van der Waals surface area contributed by atoms with Gasteiger partial charge in [0.05, 0.1) is 12.2 Å². The molecule has 0 spiro atoms. The number of nitrogens with zero attached hydrogens (tertiary/aromatic N) is 5. The van der Waals surface area contributed by atoms with Gasteiger partial charge in [0, 0.05) is 48.4 Å². The Bertz CT molecular complexity index is 1390. The average Bonchev–Trinajstić information content (AvgIpc) is 3.40. The van der Waals surface area contributed by atoms with Gasteiger partial charge in [-0.25, -0.2) is 0 Å². The van der Waals surface area contributed by atoms with Gasteiger partial charge in [-0.05, 0) is 75.7 Å². The predicted molar refractivity (Wildman–Crippen MR) is 160 cm³/mol. The fourth-order valence-corrected chi connectivity index (χ4v) is 6.55. The number of nitrogens with one attached hydrogen (secondary N) is 1. The Hall–Kier alpha value is -3.65. The molecule has 0 saturated carbocycles. The van der Waals surface area contributed by atoms with Crippen molar-refractivity contribution in [1.82, 2.24) is 20.2 Å². The number of aromatic nitrogens is 2. The first-order valence-corrected chi connectivity index (χ1v) is 14.6. The van der Waals surface area contributed by atoms with Crippen LogP contribution in [0.5, 0.6) is 6.01 Å². The number of carbonyl (C=O) groups excluding carboxylic acids is 1. The molecule has 0 radical (unpaired) electrons. The van der Waals surface area contributed by atoms with Gasteiger partial charge in [-0.1, -0.05) is 36.9 Å². The normalized spacial score (nSPS) is 20.0. The Balaban J connectivity index is 1.29. The third kappa shape index (κ3) is 5.37. The summed E-state index contributed by atoms with van der Waals surface area (Å²) in [6.07, 6.45) is 6.34. The van der Waals surface area contributed by atoms with Crippen molar-refractivity contribution in [2.24, 2.45) is 0 Å². The number of rotatable bonds is 7. The van der Waals surface area contributed by atoms with Crippen LogP contribution in [0.25, 0.3) is 10.8 Å². The number of amides is 1. The molecule has 3 aromatic rings. The van der Waals surface area contributed by atoms with Crippen molar-refractivity contribution in [3.63, 3.8) is 0 Å². The van der Waals surface area contributed by atoms with E-state index in [1.807, 2.05) is 0 Å². The van der Waals surface area contributed by atoms with Crippen LogP contribution in [-0.2, 0) is 17.8 Å². The number of ether oxygens (including phenoxy) is 1. The van der Waals surface area contributed by atoms with Gasteiger partial charge in [-0.2, -0.15) is 9.97 Å². The molecule has 2 saturated heterocycles. The molecule has 1 atom stereocenters. The van der Waals surface area contributed by atoms with Crippen LogP contribution in [0.15, 0.2) is 49.1 Å². The van der Waals surface area contributed by atoms with Crippen molar-refractivity contribution in [3.05, 3.63) is 65.9 Å². The molecule has 2 fully saturated rings. The quantitative estimate of drug-likeness (QED) is 0.449. The molecular formula is C32H40N6O2. The summed E-state index contributed by atoms with van der Waals surface area (Å²) < 4.78 is 6.30. The third-order valence-electron chi connectivity index (χ3n) is 8.86. The standard InChI is InChI=1S/C32H40N6O2/c1-4-29(39)33-24-13-17-37(18-14-24)31-26-15-19-38(28-12-6-10-23-9-5-8-22(2)30(23)28)20-27(26)34-32(35-31)40-21-25-11-7-16-36(25)3/h4-6,8-10,12,24-25H,1,7,11,13-21H2,2-3H3,(H,33,39)/t25-/m0/s1. The highest BCUT2D eigenvalue weighted by molar-refractivity contribution is 5.97. The second kappa shape index (κ2) is 11.5. The van der Waals surface area contributed by atoms with Crippen molar-refractivity contribution >= 4 is 28.2 Å². The summed E-state index contributed by atoms with van der Waals surface area (Å²) >= 11 is 0. The molecule has 0 aliphatic carbocycles. The number of piperidine rings is 1.